The summed E-state index contributed by atoms with van der Waals surface area (Å²) >= 11 is 0. The minimum atomic E-state index is -0.405. The molecule has 1 heterocycles. The predicted molar refractivity (Wildman–Crippen MR) is 114 cm³/mol. The van der Waals surface area contributed by atoms with Crippen molar-refractivity contribution in [1.82, 2.24) is 15.2 Å². The first-order valence-electron chi connectivity index (χ1n) is 8.42. The summed E-state index contributed by atoms with van der Waals surface area (Å²) in [6.07, 6.45) is 5.42. The molecule has 0 spiro atoms. The smallest absolute Gasteiger partial charge is 0.193 e. The van der Waals surface area contributed by atoms with Gasteiger partial charge in [0.25, 0.3) is 0 Å². The second kappa shape index (κ2) is 11.7. The van der Waals surface area contributed by atoms with Crippen LogP contribution in [0.15, 0.2) is 47.7 Å². The normalized spacial score (nSPS) is 10.8. The summed E-state index contributed by atoms with van der Waals surface area (Å²) < 4.78 is 19.8. The Morgan fingerprint density at radius 1 is 1.35 bits per heavy atom. The van der Waals surface area contributed by atoms with Gasteiger partial charge in [-0.2, -0.15) is 0 Å². The van der Waals surface area contributed by atoms with Gasteiger partial charge in [-0.1, -0.05) is 19.4 Å². The Hall–Kier alpha value is -1.90. The van der Waals surface area contributed by atoms with Crippen molar-refractivity contribution >= 4 is 29.9 Å². The van der Waals surface area contributed by atoms with Crippen LogP contribution in [0.5, 0.6) is 11.5 Å². The highest BCUT2D eigenvalue weighted by atomic mass is 127. The third-order valence-corrected chi connectivity index (χ3v) is 3.73. The van der Waals surface area contributed by atoms with E-state index in [0.29, 0.717) is 12.3 Å². The maximum Gasteiger partial charge on any atom is 0.193 e. The number of rotatable bonds is 7. The lowest BCUT2D eigenvalue weighted by Gasteiger charge is -2.22. The summed E-state index contributed by atoms with van der Waals surface area (Å²) in [5.74, 6) is 1.08. The summed E-state index contributed by atoms with van der Waals surface area (Å²) in [5.41, 5.74) is 0.820. The number of nitrogens with zero attached hydrogens (tertiary/aromatic N) is 3. The fraction of sp³-hybridized carbons (Fsp3) is 0.368. The van der Waals surface area contributed by atoms with E-state index in [1.807, 2.05) is 13.1 Å². The van der Waals surface area contributed by atoms with Crippen LogP contribution in [0.1, 0.15) is 25.3 Å². The molecule has 0 saturated heterocycles. The topological polar surface area (TPSA) is 49.8 Å². The Morgan fingerprint density at radius 2 is 2.15 bits per heavy atom. The Labute approximate surface area is 171 Å². The summed E-state index contributed by atoms with van der Waals surface area (Å²) in [7, 11) is 3.74. The van der Waals surface area contributed by atoms with E-state index in [4.69, 9.17) is 4.74 Å². The van der Waals surface area contributed by atoms with Crippen molar-refractivity contribution in [2.24, 2.45) is 4.99 Å². The first-order valence-corrected chi connectivity index (χ1v) is 8.42. The van der Waals surface area contributed by atoms with Crippen LogP contribution in [0.2, 0.25) is 0 Å². The molecule has 5 nitrogen and oxygen atoms in total. The van der Waals surface area contributed by atoms with E-state index in [1.54, 1.807) is 37.6 Å². The minimum absolute atomic E-state index is 0. The largest absolute Gasteiger partial charge is 0.453 e. The highest BCUT2D eigenvalue weighted by molar-refractivity contribution is 14.0. The van der Waals surface area contributed by atoms with Crippen LogP contribution in [0.3, 0.4) is 0 Å². The number of nitrogens with one attached hydrogen (secondary N) is 1. The van der Waals surface area contributed by atoms with Crippen molar-refractivity contribution in [2.75, 3.05) is 20.6 Å². The lowest BCUT2D eigenvalue weighted by molar-refractivity contribution is 0.439. The van der Waals surface area contributed by atoms with Gasteiger partial charge in [0.05, 0.1) is 6.20 Å². The van der Waals surface area contributed by atoms with Crippen LogP contribution >= 0.6 is 24.0 Å². The van der Waals surface area contributed by atoms with E-state index >= 15 is 0 Å². The fourth-order valence-electron chi connectivity index (χ4n) is 2.34. The molecule has 0 aliphatic rings. The second-order valence-corrected chi connectivity index (χ2v) is 5.73. The van der Waals surface area contributed by atoms with E-state index in [0.717, 1.165) is 30.9 Å². The van der Waals surface area contributed by atoms with Gasteiger partial charge >= 0.3 is 0 Å². The molecule has 2 aromatic rings. The Bertz CT molecular complexity index is 697. The zero-order valence-electron chi connectivity index (χ0n) is 15.4. The number of ether oxygens (including phenoxy) is 1. The van der Waals surface area contributed by atoms with Gasteiger partial charge in [-0.05, 0) is 36.2 Å². The number of halogens is 2. The molecule has 1 aromatic heterocycles. The number of benzene rings is 1. The van der Waals surface area contributed by atoms with Crippen LogP contribution in [-0.4, -0.2) is 36.5 Å². The fourth-order valence-corrected chi connectivity index (χ4v) is 2.34. The van der Waals surface area contributed by atoms with Crippen molar-refractivity contribution in [2.45, 2.75) is 26.3 Å². The van der Waals surface area contributed by atoms with E-state index in [1.165, 1.54) is 6.07 Å². The van der Waals surface area contributed by atoms with Crippen molar-refractivity contribution in [3.63, 3.8) is 0 Å². The van der Waals surface area contributed by atoms with Gasteiger partial charge in [-0.25, -0.2) is 4.39 Å². The molecule has 0 unspecified atom stereocenters. The van der Waals surface area contributed by atoms with Crippen molar-refractivity contribution < 1.29 is 9.13 Å². The number of aliphatic imine (C=N–C) groups is 1. The number of guanidine groups is 1. The molecule has 0 radical (unpaired) electrons. The third-order valence-electron chi connectivity index (χ3n) is 3.73. The SMILES string of the molecule is CCCCN(C)C(=NC)NCc1ccc(Oc2cccnc2)c(F)c1.I. The second-order valence-electron chi connectivity index (χ2n) is 5.73. The zero-order valence-corrected chi connectivity index (χ0v) is 17.7. The summed E-state index contributed by atoms with van der Waals surface area (Å²) in [5, 5.41) is 3.25. The van der Waals surface area contributed by atoms with Gasteiger partial charge in [-0.3, -0.25) is 9.98 Å². The quantitative estimate of drug-likeness (QED) is 0.368. The van der Waals surface area contributed by atoms with Crippen molar-refractivity contribution in [1.29, 1.82) is 0 Å². The molecule has 0 aliphatic heterocycles. The highest BCUT2D eigenvalue weighted by Crippen LogP contribution is 2.24. The van der Waals surface area contributed by atoms with Gasteiger partial charge in [0.1, 0.15) is 5.75 Å². The van der Waals surface area contributed by atoms with E-state index < -0.39 is 5.82 Å². The summed E-state index contributed by atoms with van der Waals surface area (Å²) in [6, 6.07) is 8.41. The average molecular weight is 472 g/mol. The molecule has 1 N–H and O–H groups in total. The van der Waals surface area contributed by atoms with Crippen molar-refractivity contribution in [3.8, 4) is 11.5 Å². The third kappa shape index (κ3) is 6.78. The molecule has 142 valence electrons. The molecule has 0 fully saturated rings. The molecule has 26 heavy (non-hydrogen) atoms. The van der Waals surface area contributed by atoms with Gasteiger partial charge in [0.15, 0.2) is 17.5 Å². The molecule has 0 aliphatic carbocycles. The number of aromatic nitrogens is 1. The van der Waals surface area contributed by atoms with Gasteiger partial charge in [0, 0.05) is 33.4 Å². The first kappa shape index (κ1) is 22.1. The van der Waals surface area contributed by atoms with E-state index in [-0.39, 0.29) is 29.7 Å². The Kier molecular flexibility index (Phi) is 9.93. The van der Waals surface area contributed by atoms with Gasteiger partial charge in [0.2, 0.25) is 0 Å². The van der Waals surface area contributed by atoms with E-state index in [2.05, 4.69) is 27.1 Å². The average Bonchev–Trinajstić information content (AvgIpc) is 2.63. The number of pyridine rings is 1. The van der Waals surface area contributed by atoms with Gasteiger partial charge in [-0.15, -0.1) is 24.0 Å². The zero-order chi connectivity index (χ0) is 18.1. The lowest BCUT2D eigenvalue weighted by Crippen LogP contribution is -2.38. The molecular formula is C19H26FIN4O. The maximum atomic E-state index is 14.3. The standard InChI is InChI=1S/C19H25FN4O.HI/c1-4-5-11-24(3)19(21-2)23-13-15-8-9-18(17(20)12-15)25-16-7-6-10-22-14-16;/h6-10,12,14H,4-5,11,13H2,1-3H3,(H,21,23);1H. The number of hydrogen-bond donors (Lipinski definition) is 1. The number of hydrogen-bond acceptors (Lipinski definition) is 3. The first-order chi connectivity index (χ1) is 12.1. The molecule has 0 atom stereocenters. The molecule has 2 rings (SSSR count). The Balaban J connectivity index is 0.00000338. The lowest BCUT2D eigenvalue weighted by atomic mass is 10.2. The predicted octanol–water partition coefficient (Wildman–Crippen LogP) is 4.44. The monoisotopic (exact) mass is 472 g/mol. The molecular weight excluding hydrogens is 446 g/mol. The molecule has 1 aromatic carbocycles. The molecule has 0 saturated carbocycles. The Morgan fingerprint density at radius 3 is 2.77 bits per heavy atom. The molecule has 0 bridgehead atoms. The van der Waals surface area contributed by atoms with Gasteiger partial charge < -0.3 is 15.0 Å². The minimum Gasteiger partial charge on any atom is -0.453 e. The van der Waals surface area contributed by atoms with E-state index in [9.17, 15) is 4.39 Å². The highest BCUT2D eigenvalue weighted by Gasteiger charge is 2.08. The maximum absolute atomic E-state index is 14.3. The summed E-state index contributed by atoms with van der Waals surface area (Å²) in [6.45, 7) is 3.58. The van der Waals surface area contributed by atoms with Crippen molar-refractivity contribution in [3.05, 3.63) is 54.1 Å². The van der Waals surface area contributed by atoms with Crippen LogP contribution in [0.4, 0.5) is 4.39 Å². The summed E-state index contributed by atoms with van der Waals surface area (Å²) in [4.78, 5) is 10.3. The van der Waals surface area contributed by atoms with Crippen LogP contribution in [-0.2, 0) is 6.54 Å². The van der Waals surface area contributed by atoms with Crippen LogP contribution in [0.25, 0.3) is 0 Å². The molecule has 0 amide bonds. The van der Waals surface area contributed by atoms with Crippen LogP contribution in [0, 0.1) is 5.82 Å². The molecule has 7 heteroatoms. The number of unbranched alkanes of at least 4 members (excludes halogenated alkanes) is 1. The van der Waals surface area contributed by atoms with Crippen LogP contribution < -0.4 is 10.1 Å².